The summed E-state index contributed by atoms with van der Waals surface area (Å²) in [7, 11) is 0. The van der Waals surface area contributed by atoms with Crippen LogP contribution in [0.5, 0.6) is 0 Å². The van der Waals surface area contributed by atoms with Crippen LogP contribution in [0.4, 0.5) is 0 Å². The van der Waals surface area contributed by atoms with Crippen molar-refractivity contribution in [1.82, 2.24) is 0 Å². The van der Waals surface area contributed by atoms with E-state index in [1.165, 1.54) is 165 Å². The average Bonchev–Trinajstić information content (AvgIpc) is 2.90. The van der Waals surface area contributed by atoms with E-state index in [0.29, 0.717) is 0 Å². The molecule has 0 saturated heterocycles. The van der Waals surface area contributed by atoms with Crippen LogP contribution in [0, 0.1) is 0 Å². The summed E-state index contributed by atoms with van der Waals surface area (Å²) >= 11 is 0. The highest BCUT2D eigenvalue weighted by molar-refractivity contribution is 5.05. The van der Waals surface area contributed by atoms with E-state index in [1.54, 1.807) is 0 Å². The highest BCUT2D eigenvalue weighted by Crippen LogP contribution is 2.14. The normalized spacial score (nSPS) is 18.7. The van der Waals surface area contributed by atoms with Gasteiger partial charge in [-0.2, -0.15) is 0 Å². The zero-order valence-electron chi connectivity index (χ0n) is 24.2. The molecule has 4 heteroatoms. The first-order chi connectivity index (χ1) is 17.9. The van der Waals surface area contributed by atoms with Crippen molar-refractivity contribution in [3.8, 4) is 0 Å². The van der Waals surface area contributed by atoms with E-state index >= 15 is 0 Å². The molecule has 4 bridgehead atoms. The lowest BCUT2D eigenvalue weighted by molar-refractivity contribution is -0.697. The second-order valence-electron chi connectivity index (χ2n) is 11.5. The summed E-state index contributed by atoms with van der Waals surface area (Å²) < 4.78 is 4.87. The summed E-state index contributed by atoms with van der Waals surface area (Å²) in [5.74, 6) is 0. The topological polar surface area (TPSA) is 7.76 Å². The van der Waals surface area contributed by atoms with Gasteiger partial charge in [-0.05, 0) is 50.7 Å². The highest BCUT2D eigenvalue weighted by atomic mass is 79.9. The molecule has 0 saturated carbocycles. The standard InChI is InChI=1S/C34H56N2.2BrH/c1-3-7-11-15-19-27-35-29-22-26-34(32-35)24-18-14-10-6-2-4-8-12-16-20-28-36-30-21-25-33(31-36)23-17-13-9-5-1;;/h21-22,25-26,29-32H,1-20,23-24,27-28H2;2*1H/q+2;;/p-2. The highest BCUT2D eigenvalue weighted by Gasteiger charge is 2.05. The molecular formula is C34H56Br2N2. The number of aromatic nitrogens is 2. The predicted molar refractivity (Wildman–Crippen MR) is 153 cm³/mol. The lowest BCUT2D eigenvalue weighted by Crippen LogP contribution is -3.00. The van der Waals surface area contributed by atoms with E-state index in [1.807, 2.05) is 0 Å². The number of hydrogen-bond acceptors (Lipinski definition) is 0. The van der Waals surface area contributed by atoms with Crippen molar-refractivity contribution in [3.05, 3.63) is 60.2 Å². The fourth-order valence-corrected chi connectivity index (χ4v) is 5.80. The van der Waals surface area contributed by atoms with Crippen LogP contribution in [0.2, 0.25) is 0 Å². The number of nitrogens with zero attached hydrogens (tertiary/aromatic N) is 2. The Balaban J connectivity index is 0.00000361. The van der Waals surface area contributed by atoms with Gasteiger partial charge in [-0.3, -0.25) is 0 Å². The van der Waals surface area contributed by atoms with Gasteiger partial charge in [0.15, 0.2) is 24.8 Å². The molecule has 2 nitrogen and oxygen atoms in total. The molecule has 0 spiro atoms. The van der Waals surface area contributed by atoms with Crippen LogP contribution < -0.4 is 43.1 Å². The molecule has 1 aliphatic rings. The van der Waals surface area contributed by atoms with Crippen molar-refractivity contribution < 1.29 is 43.1 Å². The Morgan fingerprint density at radius 3 is 1.00 bits per heavy atom. The Morgan fingerprint density at radius 1 is 0.368 bits per heavy atom. The van der Waals surface area contributed by atoms with Crippen molar-refractivity contribution in [2.45, 2.75) is 154 Å². The van der Waals surface area contributed by atoms with Gasteiger partial charge in [-0.1, -0.05) is 89.9 Å². The molecule has 0 aromatic carbocycles. The van der Waals surface area contributed by atoms with Crippen molar-refractivity contribution >= 4 is 0 Å². The fourth-order valence-electron chi connectivity index (χ4n) is 5.80. The Labute approximate surface area is 256 Å². The summed E-state index contributed by atoms with van der Waals surface area (Å²) in [6.45, 7) is 2.38. The minimum atomic E-state index is 0. The second-order valence-corrected chi connectivity index (χ2v) is 11.5. The molecule has 3 heterocycles. The van der Waals surface area contributed by atoms with E-state index in [2.05, 4.69) is 58.2 Å². The van der Waals surface area contributed by atoms with Crippen molar-refractivity contribution in [1.29, 1.82) is 0 Å². The fraction of sp³-hybridized carbons (Fsp3) is 0.706. The van der Waals surface area contributed by atoms with Gasteiger partial charge in [0.1, 0.15) is 13.1 Å². The van der Waals surface area contributed by atoms with E-state index in [-0.39, 0.29) is 34.0 Å². The molecule has 2 aromatic rings. The summed E-state index contributed by atoms with van der Waals surface area (Å²) in [5, 5.41) is 0. The van der Waals surface area contributed by atoms with Gasteiger partial charge in [0, 0.05) is 36.1 Å². The molecular weight excluding hydrogens is 596 g/mol. The zero-order valence-corrected chi connectivity index (χ0v) is 27.4. The monoisotopic (exact) mass is 650 g/mol. The maximum absolute atomic E-state index is 2.43. The van der Waals surface area contributed by atoms with E-state index < -0.39 is 0 Å². The lowest BCUT2D eigenvalue weighted by Gasteiger charge is -2.05. The summed E-state index contributed by atoms with van der Waals surface area (Å²) in [4.78, 5) is 0. The quantitative estimate of drug-likeness (QED) is 0.387. The smallest absolute Gasteiger partial charge is 0.171 e. The SMILES string of the molecule is [Br-].[Br-].c1cc2c[n+](c1)CCCCCCCCCCCCc1ccc[n+](c1)CCCCCCCCCCCC2. The Morgan fingerprint density at radius 2 is 0.658 bits per heavy atom. The largest absolute Gasteiger partial charge is 1.00 e. The third-order valence-electron chi connectivity index (χ3n) is 8.10. The minimum Gasteiger partial charge on any atom is -1.00 e. The molecule has 0 N–H and O–H groups in total. The third-order valence-corrected chi connectivity index (χ3v) is 8.10. The molecule has 2 aromatic heterocycles. The van der Waals surface area contributed by atoms with E-state index in [9.17, 15) is 0 Å². The van der Waals surface area contributed by atoms with E-state index in [0.717, 1.165) is 0 Å². The van der Waals surface area contributed by atoms with Crippen LogP contribution in [-0.4, -0.2) is 0 Å². The number of fused-ring (bicyclic) bond motifs is 4. The van der Waals surface area contributed by atoms with Crippen LogP contribution in [-0.2, 0) is 25.9 Å². The number of halogens is 2. The Hall–Kier alpha value is -0.740. The van der Waals surface area contributed by atoms with Crippen molar-refractivity contribution in [2.24, 2.45) is 0 Å². The first-order valence-corrected chi connectivity index (χ1v) is 15.9. The molecule has 0 aliphatic carbocycles. The first-order valence-electron chi connectivity index (χ1n) is 15.9. The van der Waals surface area contributed by atoms with E-state index in [4.69, 9.17) is 0 Å². The maximum atomic E-state index is 2.43. The van der Waals surface area contributed by atoms with Crippen LogP contribution >= 0.6 is 0 Å². The summed E-state index contributed by atoms with van der Waals surface area (Å²) in [6, 6.07) is 9.17. The summed E-state index contributed by atoms with van der Waals surface area (Å²) in [5.41, 5.74) is 3.06. The van der Waals surface area contributed by atoms with Gasteiger partial charge >= 0.3 is 0 Å². The maximum Gasteiger partial charge on any atom is 0.171 e. The van der Waals surface area contributed by atoms with Gasteiger partial charge in [0.25, 0.3) is 0 Å². The van der Waals surface area contributed by atoms with Crippen LogP contribution in [0.3, 0.4) is 0 Å². The first kappa shape index (κ1) is 35.3. The van der Waals surface area contributed by atoms with Gasteiger partial charge < -0.3 is 34.0 Å². The van der Waals surface area contributed by atoms with Gasteiger partial charge in [0.2, 0.25) is 0 Å². The molecule has 0 radical (unpaired) electrons. The molecule has 216 valence electrons. The molecule has 1 aliphatic heterocycles. The third kappa shape index (κ3) is 17.1. The molecule has 0 fully saturated rings. The van der Waals surface area contributed by atoms with Crippen LogP contribution in [0.15, 0.2) is 49.1 Å². The Bertz CT molecular complexity index is 685. The molecule has 38 heavy (non-hydrogen) atoms. The second kappa shape index (κ2) is 24.1. The minimum absolute atomic E-state index is 0. The molecule has 0 unspecified atom stereocenters. The number of hydrogen-bond donors (Lipinski definition) is 0. The molecule has 3 rings (SSSR count). The van der Waals surface area contributed by atoms with Crippen molar-refractivity contribution in [3.63, 3.8) is 0 Å². The molecule has 0 amide bonds. The van der Waals surface area contributed by atoms with Gasteiger partial charge in [0.05, 0.1) is 0 Å². The van der Waals surface area contributed by atoms with Crippen molar-refractivity contribution in [2.75, 3.05) is 0 Å². The number of aryl methyl sites for hydroxylation is 4. The number of pyridine rings is 2. The van der Waals surface area contributed by atoms with Gasteiger partial charge in [-0.25, -0.2) is 9.13 Å². The zero-order chi connectivity index (χ0) is 24.9. The average molecular weight is 653 g/mol. The Kier molecular flexibility index (Phi) is 22.4. The lowest BCUT2D eigenvalue weighted by atomic mass is 10.0. The van der Waals surface area contributed by atoms with Crippen LogP contribution in [0.1, 0.15) is 140 Å². The summed E-state index contributed by atoms with van der Waals surface area (Å²) in [6.07, 6.45) is 39.9. The van der Waals surface area contributed by atoms with Crippen LogP contribution in [0.25, 0.3) is 0 Å². The number of rotatable bonds is 0. The predicted octanol–water partition coefficient (Wildman–Crippen LogP) is 2.87. The molecule has 0 atom stereocenters. The van der Waals surface area contributed by atoms with Gasteiger partial charge in [-0.15, -0.1) is 0 Å².